The Morgan fingerprint density at radius 3 is 1.31 bits per heavy atom. The fourth-order valence-corrected chi connectivity index (χ4v) is 18.3. The van der Waals surface area contributed by atoms with Gasteiger partial charge >= 0.3 is 0 Å². The Kier molecular flexibility index (Phi) is 23.4. The molecule has 5 N–H and O–H groups in total. The van der Waals surface area contributed by atoms with E-state index >= 15 is 0 Å². The van der Waals surface area contributed by atoms with E-state index in [1.165, 1.54) is 49.4 Å². The standard InChI is InChI=1S/C46H49N3O7.C31H35NO3.C15H14N2O5/c50-33-10-15-40-31(24-33)9-14-39(29-4-2-1-3-5-29)44(40)30-6-11-34(12-7-30)55-37-25-38(26-37)56-35-18-20-48(21-19-35)22-23-54-36-13-8-32-28-49(46(53)41(32)27-36)42-16-17-43(51)47-45(42)52;33-24-9-13-30-23(18-24)8-12-29(21-4-2-1-3-5-21)31(30)22-6-10-25(11-7-22)34-27-19-28(20-27)35-26-14-16-32-17-15-26;18-5-6-22-10-2-1-9-8-17(15(21)11(9)7-10)12-3-4-13(19)16-14(12)20/h1-8,10-13,15,24,27,35,37-39,42,44,50H,9,14,16-23,25-26,28H2,(H,47,51,52);1-7,9-11,13,18,26-29,31-33H,8,12,14-17,19-20H2;1-2,5,7,12H,3-4,6,8H2,(H,16,19,20)/t37?,38?,39-,42?,44+;27?,28?,29-,31+;/m11./s1. The van der Waals surface area contributed by atoms with Gasteiger partial charge in [-0.05, 0) is 218 Å². The molecule has 6 fully saturated rings. The molecule has 8 aromatic carbocycles. The Labute approximate surface area is 658 Å². The number of amides is 6. The number of nitrogens with one attached hydrogen (secondary N) is 3. The van der Waals surface area contributed by atoms with Crippen molar-refractivity contribution in [2.24, 2.45) is 0 Å². The number of aromatic hydroxyl groups is 2. The number of carbonyl (C=O) groups excluding carboxylic acids is 7. The highest BCUT2D eigenvalue weighted by Crippen LogP contribution is 2.50. The van der Waals surface area contributed by atoms with Crippen molar-refractivity contribution in [2.45, 2.75) is 188 Å². The summed E-state index contributed by atoms with van der Waals surface area (Å²) in [6.45, 7) is 5.97. The number of aryl methyl sites for hydroxylation is 2. The topological polar surface area (TPSA) is 261 Å². The summed E-state index contributed by atoms with van der Waals surface area (Å²) in [5.74, 6) is 2.98. The lowest BCUT2D eigenvalue weighted by Gasteiger charge is -2.40. The first-order chi connectivity index (χ1) is 55.2. The van der Waals surface area contributed by atoms with Crippen LogP contribution in [0.2, 0.25) is 0 Å². The molecule has 6 heterocycles. The van der Waals surface area contributed by atoms with Crippen LogP contribution >= 0.6 is 0 Å². The fourth-order valence-electron chi connectivity index (χ4n) is 18.3. The van der Waals surface area contributed by atoms with Crippen LogP contribution in [0.15, 0.2) is 182 Å². The summed E-state index contributed by atoms with van der Waals surface area (Å²) < 4.78 is 36.7. The molecule has 0 aromatic heterocycles. The molecule has 113 heavy (non-hydrogen) atoms. The summed E-state index contributed by atoms with van der Waals surface area (Å²) in [6.07, 6.45) is 15.5. The average Bonchev–Trinajstić information content (AvgIpc) is 1.76. The zero-order chi connectivity index (χ0) is 77.5. The molecule has 0 radical (unpaired) electrons. The molecular weight excluding hydrogens is 1430 g/mol. The third-order valence-corrected chi connectivity index (χ3v) is 24.4. The van der Waals surface area contributed by atoms with E-state index < -0.39 is 23.9 Å². The molecule has 8 aromatic rings. The minimum atomic E-state index is -0.628. The van der Waals surface area contributed by atoms with Gasteiger partial charge in [-0.2, -0.15) is 0 Å². The molecule has 0 bridgehead atoms. The summed E-state index contributed by atoms with van der Waals surface area (Å²) >= 11 is 0. The van der Waals surface area contributed by atoms with E-state index in [2.05, 4.69) is 142 Å². The zero-order valence-electron chi connectivity index (χ0n) is 63.5. The van der Waals surface area contributed by atoms with E-state index in [0.29, 0.717) is 97.0 Å². The Hall–Kier alpha value is -10.7. The molecule has 10 aliphatic rings. The van der Waals surface area contributed by atoms with E-state index in [0.717, 1.165) is 132 Å². The van der Waals surface area contributed by atoms with E-state index in [-0.39, 0.29) is 79.3 Å². The number of hydrogen-bond donors (Lipinski definition) is 5. The first kappa shape index (κ1) is 76.3. The molecule has 18 rings (SSSR count). The van der Waals surface area contributed by atoms with E-state index in [4.69, 9.17) is 28.4 Å². The van der Waals surface area contributed by atoms with Crippen LogP contribution in [-0.2, 0) is 59.4 Å². The van der Waals surface area contributed by atoms with Gasteiger partial charge < -0.3 is 53.8 Å². The van der Waals surface area contributed by atoms with Crippen LogP contribution in [0.1, 0.15) is 190 Å². The van der Waals surface area contributed by atoms with Crippen LogP contribution in [0, 0.1) is 0 Å². The van der Waals surface area contributed by atoms with E-state index in [9.17, 15) is 43.8 Å². The number of benzene rings is 8. The normalized spacial score (nSPS) is 24.7. The third kappa shape index (κ3) is 17.7. The predicted octanol–water partition coefficient (Wildman–Crippen LogP) is 12.4. The molecular formula is C92H98N6O15. The molecule has 6 amide bonds. The molecule has 4 saturated heterocycles. The van der Waals surface area contributed by atoms with Crippen LogP contribution in [0.3, 0.4) is 0 Å². The van der Waals surface area contributed by atoms with Crippen molar-refractivity contribution in [1.82, 2.24) is 30.7 Å². The number of phenolic OH excluding ortho intramolecular Hbond substituents is 2. The molecule has 4 aliphatic carbocycles. The van der Waals surface area contributed by atoms with Crippen molar-refractivity contribution in [3.8, 4) is 34.5 Å². The van der Waals surface area contributed by atoms with Crippen LogP contribution < -0.4 is 34.9 Å². The maximum Gasteiger partial charge on any atom is 0.255 e. The number of rotatable bonds is 21. The molecule has 0 spiro atoms. The monoisotopic (exact) mass is 1530 g/mol. The lowest BCUT2D eigenvalue weighted by Crippen LogP contribution is -2.52. The maximum absolute atomic E-state index is 13.1. The van der Waals surface area contributed by atoms with Crippen LogP contribution in [0.5, 0.6) is 34.5 Å². The number of phenols is 2. The summed E-state index contributed by atoms with van der Waals surface area (Å²) in [5.41, 5.74) is 13.1. The van der Waals surface area contributed by atoms with Gasteiger partial charge in [0.15, 0.2) is 6.29 Å². The Balaban J connectivity index is 0.000000143. The zero-order valence-corrected chi connectivity index (χ0v) is 63.5. The SMILES string of the molecule is O=C1CCC(N2Cc3ccc(OCCN4CCC(OC5CC(Oc6ccc([C@@H]7c8ccc(O)cc8CC[C@@H]7c7ccccc7)cc6)C5)CC4)cc3C2=O)C(=O)N1.O=CCOc1ccc2c(c1)C(=O)N(C1CCC(=O)NC1=O)C2.Oc1ccc2c(c1)CC[C@H](c1ccccc1)[C@@H]2c1ccc(OC2CC(OC3CCNCC3)C2)cc1. The number of nitrogens with zero attached hydrogens (tertiary/aromatic N) is 3. The second-order valence-electron chi connectivity index (χ2n) is 31.7. The number of imide groups is 2. The van der Waals surface area contributed by atoms with Crippen molar-refractivity contribution in [3.05, 3.63) is 249 Å². The third-order valence-electron chi connectivity index (χ3n) is 24.4. The summed E-state index contributed by atoms with van der Waals surface area (Å²) in [4.78, 5) is 88.4. The van der Waals surface area contributed by atoms with Gasteiger partial charge in [0.2, 0.25) is 23.6 Å². The Morgan fingerprint density at radius 2 is 0.858 bits per heavy atom. The van der Waals surface area contributed by atoms with E-state index in [1.807, 2.05) is 36.4 Å². The minimum Gasteiger partial charge on any atom is -0.508 e. The van der Waals surface area contributed by atoms with Gasteiger partial charge in [0.1, 0.15) is 72.0 Å². The minimum absolute atomic E-state index is 0.0795. The molecule has 2 saturated carbocycles. The molecule has 6 atom stereocenters. The van der Waals surface area contributed by atoms with Gasteiger partial charge in [-0.3, -0.25) is 49.1 Å². The highest BCUT2D eigenvalue weighted by atomic mass is 16.5. The average molecular weight is 1530 g/mol. The molecule has 586 valence electrons. The smallest absolute Gasteiger partial charge is 0.255 e. The second kappa shape index (κ2) is 34.7. The number of carbonyl (C=O) groups is 7. The van der Waals surface area contributed by atoms with Crippen LogP contribution in [0.4, 0.5) is 0 Å². The number of aldehydes is 1. The summed E-state index contributed by atoms with van der Waals surface area (Å²) in [7, 11) is 0. The quantitative estimate of drug-likeness (QED) is 0.0331. The van der Waals surface area contributed by atoms with Crippen molar-refractivity contribution < 1.29 is 72.2 Å². The highest BCUT2D eigenvalue weighted by molar-refractivity contribution is 6.06. The molecule has 21 heteroatoms. The van der Waals surface area contributed by atoms with Gasteiger partial charge in [-0.25, -0.2) is 0 Å². The second-order valence-corrected chi connectivity index (χ2v) is 31.7. The summed E-state index contributed by atoms with van der Waals surface area (Å²) in [5, 5.41) is 28.2. The number of fused-ring (bicyclic) bond motifs is 4. The fraction of sp³-hybridized carbons (Fsp3) is 0.402. The number of likely N-dealkylation sites (tertiary alicyclic amines) is 1. The first-order valence-electron chi connectivity index (χ1n) is 40.4. The maximum atomic E-state index is 13.1. The van der Waals surface area contributed by atoms with Crippen molar-refractivity contribution in [3.63, 3.8) is 0 Å². The predicted molar refractivity (Wildman–Crippen MR) is 422 cm³/mol. The van der Waals surface area contributed by atoms with Crippen molar-refractivity contribution >= 4 is 41.7 Å². The Morgan fingerprint density at radius 1 is 0.416 bits per heavy atom. The summed E-state index contributed by atoms with van der Waals surface area (Å²) in [6, 6.07) is 60.1. The molecule has 2 unspecified atom stereocenters. The lowest BCUT2D eigenvalue weighted by molar-refractivity contribution is -0.138. The number of piperidine rings is 4. The van der Waals surface area contributed by atoms with Gasteiger partial charge in [0.25, 0.3) is 11.8 Å². The van der Waals surface area contributed by atoms with Gasteiger partial charge in [-0.1, -0.05) is 109 Å². The number of ether oxygens (including phenoxy) is 6. The van der Waals surface area contributed by atoms with Crippen molar-refractivity contribution in [2.75, 3.05) is 45.9 Å². The first-order valence-corrected chi connectivity index (χ1v) is 40.4. The van der Waals surface area contributed by atoms with Crippen LogP contribution in [-0.4, -0.2) is 161 Å². The molecule has 6 aliphatic heterocycles. The number of hydrogen-bond acceptors (Lipinski definition) is 17. The van der Waals surface area contributed by atoms with Crippen molar-refractivity contribution in [1.29, 1.82) is 0 Å². The highest BCUT2D eigenvalue weighted by Gasteiger charge is 2.43. The Bertz CT molecular complexity index is 4750. The lowest BCUT2D eigenvalue weighted by atomic mass is 9.69. The van der Waals surface area contributed by atoms with Gasteiger partial charge in [0.05, 0.1) is 24.4 Å². The van der Waals surface area contributed by atoms with Crippen LogP contribution in [0.25, 0.3) is 0 Å². The van der Waals surface area contributed by atoms with Gasteiger partial charge in [0, 0.05) is 94.2 Å². The van der Waals surface area contributed by atoms with Gasteiger partial charge in [-0.15, -0.1) is 0 Å². The van der Waals surface area contributed by atoms with E-state index in [1.54, 1.807) is 29.2 Å². The molecule has 21 nitrogen and oxygen atoms in total. The largest absolute Gasteiger partial charge is 0.508 e.